The van der Waals surface area contributed by atoms with Crippen LogP contribution in [-0.4, -0.2) is 70.6 Å². The van der Waals surface area contributed by atoms with Gasteiger partial charge in [0.25, 0.3) is 0 Å². The summed E-state index contributed by atoms with van der Waals surface area (Å²) in [5, 5.41) is 14.7. The molecule has 0 amide bonds. The topological polar surface area (TPSA) is 108 Å². The molecule has 1 aliphatic heterocycles. The van der Waals surface area contributed by atoms with Crippen molar-refractivity contribution >= 4 is 27.3 Å². The summed E-state index contributed by atoms with van der Waals surface area (Å²) in [6, 6.07) is 10.7. The average Bonchev–Trinajstić information content (AvgIpc) is 2.95. The Bertz CT molecular complexity index is 1310. The molecular weight excluding hydrogens is 454 g/mol. The molecule has 1 saturated heterocycles. The molecule has 4 rings (SSSR count). The summed E-state index contributed by atoms with van der Waals surface area (Å²) in [6.45, 7) is 7.37. The van der Waals surface area contributed by atoms with E-state index in [4.69, 9.17) is 0 Å². The Morgan fingerprint density at radius 3 is 2.44 bits per heavy atom. The molecule has 0 radical (unpaired) electrons. The Hall–Kier alpha value is -2.82. The lowest BCUT2D eigenvalue weighted by Crippen LogP contribution is -2.35. The van der Waals surface area contributed by atoms with Gasteiger partial charge in [0.05, 0.1) is 29.7 Å². The van der Waals surface area contributed by atoms with Gasteiger partial charge in [-0.25, -0.2) is 17.7 Å². The lowest BCUT2D eigenvalue weighted by Gasteiger charge is -2.24. The third-order valence-electron chi connectivity index (χ3n) is 6.09. The first-order valence-corrected chi connectivity index (χ1v) is 13.2. The highest BCUT2D eigenvalue weighted by Gasteiger charge is 2.24. The quantitative estimate of drug-likeness (QED) is 0.533. The van der Waals surface area contributed by atoms with Crippen molar-refractivity contribution in [1.82, 2.24) is 18.9 Å². The number of fused-ring (bicyclic) bond motifs is 1. The number of benzene rings is 1. The number of hydrogen-bond donors (Lipinski definition) is 1. The second-order valence-corrected chi connectivity index (χ2v) is 11.4. The summed E-state index contributed by atoms with van der Waals surface area (Å²) in [4.78, 5) is 19.8. The van der Waals surface area contributed by atoms with Gasteiger partial charge in [-0.15, -0.1) is 0 Å². The maximum atomic E-state index is 13.0. The molecule has 3 heterocycles. The standard InChI is InChI=1S/C24H31N5O4S/c1-17-14-22-25-20(15-21(30)18-6-8-19(9-7-18)24(2,3)31)16-23(29(22)26-17)27-10-5-11-28(13-12-27)34(4,32)33/h6-9,14,16,31H,5,10-13,15H2,1-4H3. The van der Waals surface area contributed by atoms with E-state index in [0.717, 1.165) is 17.1 Å². The van der Waals surface area contributed by atoms with E-state index in [1.807, 2.05) is 19.1 Å². The van der Waals surface area contributed by atoms with E-state index in [-0.39, 0.29) is 12.2 Å². The molecule has 0 saturated carbocycles. The third kappa shape index (κ3) is 5.29. The number of carbonyl (C=O) groups is 1. The zero-order valence-corrected chi connectivity index (χ0v) is 20.8. The molecule has 182 valence electrons. The zero-order valence-electron chi connectivity index (χ0n) is 20.0. The summed E-state index contributed by atoms with van der Waals surface area (Å²) in [7, 11) is -3.25. The fourth-order valence-electron chi connectivity index (χ4n) is 4.22. The number of sulfonamides is 1. The SMILES string of the molecule is Cc1cc2nc(CC(=O)c3ccc(C(C)(C)O)cc3)cc(N3CCCN(S(C)(=O)=O)CC3)n2n1. The maximum Gasteiger partial charge on any atom is 0.211 e. The van der Waals surface area contributed by atoms with E-state index in [1.54, 1.807) is 42.6 Å². The molecule has 1 N–H and O–H groups in total. The van der Waals surface area contributed by atoms with Crippen molar-refractivity contribution in [3.63, 3.8) is 0 Å². The van der Waals surface area contributed by atoms with Crippen LogP contribution in [0.5, 0.6) is 0 Å². The van der Waals surface area contributed by atoms with Gasteiger partial charge in [-0.2, -0.15) is 9.61 Å². The van der Waals surface area contributed by atoms with Crippen LogP contribution in [0, 0.1) is 6.92 Å². The van der Waals surface area contributed by atoms with Crippen LogP contribution in [0.1, 0.15) is 47.6 Å². The number of rotatable bonds is 6. The van der Waals surface area contributed by atoms with Gasteiger partial charge in [0, 0.05) is 43.9 Å². The molecular formula is C24H31N5O4S. The molecule has 9 nitrogen and oxygen atoms in total. The summed E-state index contributed by atoms with van der Waals surface area (Å²) in [5.41, 5.74) is 2.42. The minimum Gasteiger partial charge on any atom is -0.386 e. The number of ketones is 1. The highest BCUT2D eigenvalue weighted by molar-refractivity contribution is 7.88. The van der Waals surface area contributed by atoms with E-state index in [0.29, 0.717) is 49.5 Å². The summed E-state index contributed by atoms with van der Waals surface area (Å²) in [5.74, 6) is 0.731. The number of hydrogen-bond acceptors (Lipinski definition) is 7. The first kappa shape index (κ1) is 24.3. The van der Waals surface area contributed by atoms with Crippen LogP contribution in [0.3, 0.4) is 0 Å². The number of Topliss-reactive ketones (excluding diaryl/α,β-unsaturated/α-hetero) is 1. The molecule has 1 aromatic carbocycles. The number of aryl methyl sites for hydroxylation is 1. The van der Waals surface area contributed by atoms with E-state index >= 15 is 0 Å². The van der Waals surface area contributed by atoms with Gasteiger partial charge in [-0.3, -0.25) is 4.79 Å². The molecule has 0 bridgehead atoms. The highest BCUT2D eigenvalue weighted by atomic mass is 32.2. The molecule has 1 aliphatic rings. The van der Waals surface area contributed by atoms with Gasteiger partial charge in [0.2, 0.25) is 10.0 Å². The van der Waals surface area contributed by atoms with Crippen molar-refractivity contribution < 1.29 is 18.3 Å². The lowest BCUT2D eigenvalue weighted by molar-refractivity contribution is 0.0784. The van der Waals surface area contributed by atoms with Gasteiger partial charge in [-0.1, -0.05) is 24.3 Å². The third-order valence-corrected chi connectivity index (χ3v) is 7.39. The largest absolute Gasteiger partial charge is 0.386 e. The van der Waals surface area contributed by atoms with Crippen LogP contribution < -0.4 is 4.90 Å². The molecule has 2 aromatic heterocycles. The van der Waals surface area contributed by atoms with Crippen LogP contribution in [0.4, 0.5) is 5.82 Å². The number of nitrogens with zero attached hydrogens (tertiary/aromatic N) is 5. The number of anilines is 1. The summed E-state index contributed by atoms with van der Waals surface area (Å²) < 4.78 is 27.3. The van der Waals surface area contributed by atoms with Crippen LogP contribution in [-0.2, 0) is 22.0 Å². The highest BCUT2D eigenvalue weighted by Crippen LogP contribution is 2.23. The van der Waals surface area contributed by atoms with E-state index < -0.39 is 15.6 Å². The monoisotopic (exact) mass is 485 g/mol. The second-order valence-electron chi connectivity index (χ2n) is 9.40. The minimum atomic E-state index is -3.25. The zero-order chi connectivity index (χ0) is 24.7. The fraction of sp³-hybridized carbons (Fsp3) is 0.458. The number of aromatic nitrogens is 3. The first-order chi connectivity index (χ1) is 15.9. The predicted octanol–water partition coefficient (Wildman–Crippen LogP) is 2.16. The average molecular weight is 486 g/mol. The second kappa shape index (κ2) is 9.09. The van der Waals surface area contributed by atoms with Crippen molar-refractivity contribution in [3.8, 4) is 0 Å². The van der Waals surface area contributed by atoms with Crippen molar-refractivity contribution in [1.29, 1.82) is 0 Å². The molecule has 0 spiro atoms. The van der Waals surface area contributed by atoms with Gasteiger partial charge in [0.15, 0.2) is 11.4 Å². The number of carbonyl (C=O) groups excluding carboxylic acids is 1. The Labute approximate surface area is 200 Å². The van der Waals surface area contributed by atoms with E-state index in [9.17, 15) is 18.3 Å². The van der Waals surface area contributed by atoms with Crippen molar-refractivity contribution in [2.24, 2.45) is 0 Å². The normalized spacial score (nSPS) is 16.1. The first-order valence-electron chi connectivity index (χ1n) is 11.3. The van der Waals surface area contributed by atoms with Crippen LogP contribution >= 0.6 is 0 Å². The van der Waals surface area contributed by atoms with Gasteiger partial charge < -0.3 is 10.0 Å². The Balaban J connectivity index is 1.62. The van der Waals surface area contributed by atoms with Crippen LogP contribution in [0.2, 0.25) is 0 Å². The maximum absolute atomic E-state index is 13.0. The van der Waals surface area contributed by atoms with Crippen molar-refractivity contribution in [2.45, 2.75) is 39.2 Å². The summed E-state index contributed by atoms with van der Waals surface area (Å²) in [6.07, 6.45) is 2.06. The van der Waals surface area contributed by atoms with Crippen LogP contribution in [0.15, 0.2) is 36.4 Å². The van der Waals surface area contributed by atoms with Gasteiger partial charge >= 0.3 is 0 Å². The minimum absolute atomic E-state index is 0.0690. The van der Waals surface area contributed by atoms with Gasteiger partial charge in [-0.05, 0) is 32.8 Å². The lowest BCUT2D eigenvalue weighted by atomic mass is 9.96. The Morgan fingerprint density at radius 1 is 1.09 bits per heavy atom. The van der Waals surface area contributed by atoms with Crippen molar-refractivity contribution in [3.05, 3.63) is 58.9 Å². The van der Waals surface area contributed by atoms with Crippen LogP contribution in [0.25, 0.3) is 5.65 Å². The molecule has 1 fully saturated rings. The molecule has 0 atom stereocenters. The van der Waals surface area contributed by atoms with E-state index in [1.165, 1.54) is 10.6 Å². The Morgan fingerprint density at radius 2 is 1.79 bits per heavy atom. The molecule has 10 heteroatoms. The molecule has 34 heavy (non-hydrogen) atoms. The fourth-order valence-corrected chi connectivity index (χ4v) is 5.10. The molecule has 0 aliphatic carbocycles. The molecule has 0 unspecified atom stereocenters. The summed E-state index contributed by atoms with van der Waals surface area (Å²) >= 11 is 0. The molecule has 3 aromatic rings. The number of aliphatic hydroxyl groups is 1. The van der Waals surface area contributed by atoms with Crippen molar-refractivity contribution in [2.75, 3.05) is 37.3 Å². The van der Waals surface area contributed by atoms with E-state index in [2.05, 4.69) is 15.0 Å². The smallest absolute Gasteiger partial charge is 0.211 e. The predicted molar refractivity (Wildman–Crippen MR) is 131 cm³/mol. The van der Waals surface area contributed by atoms with Gasteiger partial charge in [0.1, 0.15) is 5.82 Å². The Kier molecular flexibility index (Phi) is 6.50.